The lowest BCUT2D eigenvalue weighted by Gasteiger charge is -2.09. The highest BCUT2D eigenvalue weighted by atomic mass is 32.1. The third-order valence-corrected chi connectivity index (χ3v) is 3.69. The van der Waals surface area contributed by atoms with E-state index in [0.29, 0.717) is 6.54 Å². The smallest absolute Gasteiger partial charge is 0.191 e. The molecule has 0 aromatic carbocycles. The van der Waals surface area contributed by atoms with Crippen LogP contribution in [-0.2, 0) is 6.54 Å². The monoisotopic (exact) mass is 280 g/mol. The van der Waals surface area contributed by atoms with Gasteiger partial charge in [0, 0.05) is 18.0 Å². The maximum absolute atomic E-state index is 4.55. The lowest BCUT2D eigenvalue weighted by molar-refractivity contribution is 0.808. The van der Waals surface area contributed by atoms with Crippen LogP contribution >= 0.6 is 11.3 Å². The Morgan fingerprint density at radius 2 is 2.16 bits per heavy atom. The summed E-state index contributed by atoms with van der Waals surface area (Å²) in [5.74, 6) is 0.859. The van der Waals surface area contributed by atoms with Crippen molar-refractivity contribution in [1.82, 2.24) is 15.6 Å². The van der Waals surface area contributed by atoms with Crippen LogP contribution in [0.15, 0.2) is 17.1 Å². The van der Waals surface area contributed by atoms with Gasteiger partial charge in [0.1, 0.15) is 5.01 Å². The zero-order chi connectivity index (χ0) is 14.1. The fourth-order valence-corrected chi connectivity index (χ4v) is 2.39. The van der Waals surface area contributed by atoms with Crippen molar-refractivity contribution in [3.63, 3.8) is 0 Å². The molecule has 1 rings (SSSR count). The van der Waals surface area contributed by atoms with Gasteiger partial charge in [0.2, 0.25) is 0 Å². The minimum Gasteiger partial charge on any atom is -0.357 e. The number of guanidine groups is 1. The molecule has 0 radical (unpaired) electrons. The van der Waals surface area contributed by atoms with Crippen molar-refractivity contribution in [3.8, 4) is 0 Å². The average Bonchev–Trinajstić information content (AvgIpc) is 2.71. The quantitative estimate of drug-likeness (QED) is 0.364. The van der Waals surface area contributed by atoms with Crippen LogP contribution in [0.25, 0.3) is 0 Å². The average molecular weight is 280 g/mol. The molecule has 19 heavy (non-hydrogen) atoms. The summed E-state index contributed by atoms with van der Waals surface area (Å²) in [6.07, 6.45) is 5.22. The minimum atomic E-state index is 0.637. The largest absolute Gasteiger partial charge is 0.357 e. The van der Waals surface area contributed by atoms with Crippen LogP contribution in [-0.4, -0.2) is 24.0 Å². The SMILES string of the molecule is CC=CCCNC(=NCc1nc(C)c(C)s1)NCC. The second kappa shape index (κ2) is 8.69. The van der Waals surface area contributed by atoms with E-state index in [4.69, 9.17) is 0 Å². The molecule has 0 saturated carbocycles. The van der Waals surface area contributed by atoms with Gasteiger partial charge in [-0.3, -0.25) is 0 Å². The van der Waals surface area contributed by atoms with Gasteiger partial charge < -0.3 is 10.6 Å². The first-order valence-electron chi connectivity index (χ1n) is 6.73. The number of thiazole rings is 1. The van der Waals surface area contributed by atoms with Crippen molar-refractivity contribution in [3.05, 3.63) is 27.7 Å². The van der Waals surface area contributed by atoms with Crippen LogP contribution in [0.4, 0.5) is 0 Å². The normalized spacial score (nSPS) is 12.1. The fourth-order valence-electron chi connectivity index (χ4n) is 1.54. The molecule has 0 bridgehead atoms. The number of nitrogens with zero attached hydrogens (tertiary/aromatic N) is 2. The molecule has 1 aromatic heterocycles. The van der Waals surface area contributed by atoms with E-state index in [1.54, 1.807) is 11.3 Å². The third kappa shape index (κ3) is 5.87. The van der Waals surface area contributed by atoms with Crippen molar-refractivity contribution in [2.24, 2.45) is 4.99 Å². The van der Waals surface area contributed by atoms with Gasteiger partial charge in [-0.05, 0) is 34.1 Å². The molecule has 106 valence electrons. The van der Waals surface area contributed by atoms with Gasteiger partial charge in [-0.15, -0.1) is 11.3 Å². The predicted octanol–water partition coefficient (Wildman–Crippen LogP) is 2.78. The summed E-state index contributed by atoms with van der Waals surface area (Å²) in [5.41, 5.74) is 1.11. The van der Waals surface area contributed by atoms with Gasteiger partial charge in [0.15, 0.2) is 5.96 Å². The molecule has 2 N–H and O–H groups in total. The zero-order valence-corrected chi connectivity index (χ0v) is 13.1. The number of nitrogens with one attached hydrogen (secondary N) is 2. The van der Waals surface area contributed by atoms with Crippen LogP contribution in [0.5, 0.6) is 0 Å². The summed E-state index contributed by atoms with van der Waals surface area (Å²) in [5, 5.41) is 7.62. The molecule has 0 unspecified atom stereocenters. The zero-order valence-electron chi connectivity index (χ0n) is 12.3. The highest BCUT2D eigenvalue weighted by molar-refractivity contribution is 7.11. The second-order valence-corrected chi connectivity index (χ2v) is 5.52. The summed E-state index contributed by atoms with van der Waals surface area (Å²) < 4.78 is 0. The molecular formula is C14H24N4S. The number of allylic oxidation sites excluding steroid dienone is 1. The van der Waals surface area contributed by atoms with E-state index in [1.807, 2.05) is 13.8 Å². The van der Waals surface area contributed by atoms with Crippen molar-refractivity contribution >= 4 is 17.3 Å². The molecule has 0 aliphatic rings. The summed E-state index contributed by atoms with van der Waals surface area (Å²) >= 11 is 1.72. The van der Waals surface area contributed by atoms with Crippen LogP contribution in [0.3, 0.4) is 0 Å². The van der Waals surface area contributed by atoms with E-state index in [0.717, 1.165) is 36.2 Å². The van der Waals surface area contributed by atoms with Gasteiger partial charge in [0.05, 0.1) is 12.2 Å². The Hall–Kier alpha value is -1.36. The van der Waals surface area contributed by atoms with Gasteiger partial charge in [-0.2, -0.15) is 0 Å². The Morgan fingerprint density at radius 3 is 2.74 bits per heavy atom. The molecule has 0 aliphatic heterocycles. The van der Waals surface area contributed by atoms with Gasteiger partial charge in [-0.25, -0.2) is 9.98 Å². The summed E-state index contributed by atoms with van der Waals surface area (Å²) in [4.78, 5) is 10.3. The standard InChI is InChI=1S/C14H24N4S/c1-5-7-8-9-16-14(15-6-2)17-10-13-18-11(3)12(4)19-13/h5,7H,6,8-10H2,1-4H3,(H2,15,16,17). The Kier molecular flexibility index (Phi) is 7.18. The number of hydrogen-bond donors (Lipinski definition) is 2. The first-order chi connectivity index (χ1) is 9.17. The van der Waals surface area contributed by atoms with E-state index < -0.39 is 0 Å². The molecule has 0 amide bonds. The topological polar surface area (TPSA) is 49.3 Å². The first kappa shape index (κ1) is 15.7. The van der Waals surface area contributed by atoms with E-state index in [2.05, 4.69) is 46.6 Å². The lowest BCUT2D eigenvalue weighted by atomic mass is 10.4. The maximum atomic E-state index is 4.55. The van der Waals surface area contributed by atoms with Gasteiger partial charge in [0.25, 0.3) is 0 Å². The van der Waals surface area contributed by atoms with Crippen LogP contribution in [0.2, 0.25) is 0 Å². The summed E-state index contributed by atoms with van der Waals surface area (Å²) in [6, 6.07) is 0. The van der Waals surface area contributed by atoms with Crippen molar-refractivity contribution in [2.75, 3.05) is 13.1 Å². The predicted molar refractivity (Wildman–Crippen MR) is 83.8 cm³/mol. The molecule has 5 heteroatoms. The van der Waals surface area contributed by atoms with Crippen LogP contribution < -0.4 is 10.6 Å². The van der Waals surface area contributed by atoms with Crippen LogP contribution in [0.1, 0.15) is 35.8 Å². The van der Waals surface area contributed by atoms with E-state index in [9.17, 15) is 0 Å². The number of aliphatic imine (C=N–C) groups is 1. The first-order valence-corrected chi connectivity index (χ1v) is 7.55. The highest BCUT2D eigenvalue weighted by Crippen LogP contribution is 2.16. The molecule has 1 heterocycles. The summed E-state index contributed by atoms with van der Waals surface area (Å²) in [6.45, 7) is 10.6. The highest BCUT2D eigenvalue weighted by Gasteiger charge is 2.03. The molecular weight excluding hydrogens is 256 g/mol. The molecule has 1 aromatic rings. The Labute approximate surface area is 120 Å². The lowest BCUT2D eigenvalue weighted by Crippen LogP contribution is -2.37. The summed E-state index contributed by atoms with van der Waals surface area (Å²) in [7, 11) is 0. The minimum absolute atomic E-state index is 0.637. The molecule has 0 atom stereocenters. The number of rotatable bonds is 6. The number of aromatic nitrogens is 1. The van der Waals surface area contributed by atoms with Crippen molar-refractivity contribution in [2.45, 2.75) is 40.7 Å². The van der Waals surface area contributed by atoms with Crippen molar-refractivity contribution < 1.29 is 0 Å². The Morgan fingerprint density at radius 1 is 1.37 bits per heavy atom. The molecule has 0 fully saturated rings. The molecule has 0 aliphatic carbocycles. The van der Waals surface area contributed by atoms with Crippen LogP contribution in [0, 0.1) is 13.8 Å². The van der Waals surface area contributed by atoms with Crippen molar-refractivity contribution in [1.29, 1.82) is 0 Å². The fraction of sp³-hybridized carbons (Fsp3) is 0.571. The molecule has 4 nitrogen and oxygen atoms in total. The molecule has 0 spiro atoms. The maximum Gasteiger partial charge on any atom is 0.191 e. The Bertz CT molecular complexity index is 415. The van der Waals surface area contributed by atoms with Gasteiger partial charge >= 0.3 is 0 Å². The van der Waals surface area contributed by atoms with E-state index >= 15 is 0 Å². The number of aryl methyl sites for hydroxylation is 2. The van der Waals surface area contributed by atoms with E-state index in [1.165, 1.54) is 4.88 Å². The van der Waals surface area contributed by atoms with Gasteiger partial charge in [-0.1, -0.05) is 12.2 Å². The van der Waals surface area contributed by atoms with E-state index in [-0.39, 0.29) is 0 Å². The second-order valence-electron chi connectivity index (χ2n) is 4.23. The third-order valence-electron chi connectivity index (χ3n) is 2.63. The molecule has 0 saturated heterocycles. The Balaban J connectivity index is 2.51. The number of hydrogen-bond acceptors (Lipinski definition) is 3.